The van der Waals surface area contributed by atoms with E-state index in [-0.39, 0.29) is 22.5 Å². The lowest BCUT2D eigenvalue weighted by Gasteiger charge is -2.07. The third kappa shape index (κ3) is 3.10. The highest BCUT2D eigenvalue weighted by Crippen LogP contribution is 2.27. The zero-order valence-electron chi connectivity index (χ0n) is 13.5. The molecule has 132 valence electrons. The Hall–Kier alpha value is -2.67. The second-order valence-corrected chi connectivity index (χ2v) is 7.12. The molecule has 1 saturated heterocycles. The van der Waals surface area contributed by atoms with Gasteiger partial charge in [-0.05, 0) is 29.8 Å². The van der Waals surface area contributed by atoms with E-state index in [1.54, 1.807) is 0 Å². The lowest BCUT2D eigenvalue weighted by Crippen LogP contribution is -2.30. The Morgan fingerprint density at radius 2 is 1.88 bits per heavy atom. The fraction of sp³-hybridized carbons (Fsp3) is 0.158. The number of nitrogens with zero attached hydrogens (tertiary/aromatic N) is 1. The van der Waals surface area contributed by atoms with Crippen molar-refractivity contribution >= 4 is 33.0 Å². The first kappa shape index (κ1) is 16.8. The molecule has 2 heterocycles. The van der Waals surface area contributed by atoms with Gasteiger partial charge in [0.25, 0.3) is 5.24 Å². The van der Waals surface area contributed by atoms with Gasteiger partial charge < -0.3 is 9.88 Å². The van der Waals surface area contributed by atoms with Crippen molar-refractivity contribution in [2.75, 3.05) is 0 Å². The smallest absolute Gasteiger partial charge is 0.287 e. The highest BCUT2D eigenvalue weighted by Gasteiger charge is 2.32. The van der Waals surface area contributed by atoms with E-state index < -0.39 is 17.7 Å². The lowest BCUT2D eigenvalue weighted by molar-refractivity contribution is -0.112. The minimum Gasteiger partial charge on any atom is -0.343 e. The Labute approximate surface area is 152 Å². The number of amides is 1. The molecular formula is C19H14F2N2O2S. The number of halogens is 2. The molecule has 7 heteroatoms. The summed E-state index contributed by atoms with van der Waals surface area (Å²) in [5, 5.41) is 3.02. The Morgan fingerprint density at radius 1 is 1.08 bits per heavy atom. The normalized spacial score (nSPS) is 17.1. The number of carbonyl (C=O) groups is 2. The maximum absolute atomic E-state index is 14.0. The van der Waals surface area contributed by atoms with Crippen LogP contribution >= 0.6 is 11.8 Å². The van der Waals surface area contributed by atoms with Crippen molar-refractivity contribution < 1.29 is 18.4 Å². The number of rotatable bonds is 4. The van der Waals surface area contributed by atoms with Gasteiger partial charge in [0, 0.05) is 40.8 Å². The van der Waals surface area contributed by atoms with Crippen LogP contribution in [0.1, 0.15) is 11.1 Å². The first-order valence-corrected chi connectivity index (χ1v) is 8.86. The van der Waals surface area contributed by atoms with Gasteiger partial charge in [-0.1, -0.05) is 18.2 Å². The molecule has 1 amide bonds. The lowest BCUT2D eigenvalue weighted by atomic mass is 10.1. The number of thioether (sulfide) groups is 1. The van der Waals surface area contributed by atoms with Gasteiger partial charge >= 0.3 is 0 Å². The summed E-state index contributed by atoms with van der Waals surface area (Å²) in [5.74, 6) is -0.963. The topological polar surface area (TPSA) is 51.1 Å². The number of para-hydroxylation sites is 1. The van der Waals surface area contributed by atoms with Crippen molar-refractivity contribution in [1.29, 1.82) is 0 Å². The summed E-state index contributed by atoms with van der Waals surface area (Å²) >= 11 is 0.679. The van der Waals surface area contributed by atoms with E-state index in [9.17, 15) is 18.4 Å². The number of benzene rings is 2. The predicted octanol–water partition coefficient (Wildman–Crippen LogP) is 3.86. The first-order chi connectivity index (χ1) is 12.5. The van der Waals surface area contributed by atoms with Crippen LogP contribution in [-0.4, -0.2) is 21.0 Å². The van der Waals surface area contributed by atoms with Gasteiger partial charge in [-0.25, -0.2) is 8.78 Å². The highest BCUT2D eigenvalue weighted by atomic mass is 32.2. The van der Waals surface area contributed by atoms with Crippen LogP contribution < -0.4 is 5.32 Å². The third-order valence-electron chi connectivity index (χ3n) is 4.41. The average molecular weight is 372 g/mol. The van der Waals surface area contributed by atoms with Crippen LogP contribution in [-0.2, 0) is 17.8 Å². The Morgan fingerprint density at radius 3 is 2.65 bits per heavy atom. The molecule has 1 fully saturated rings. The van der Waals surface area contributed by atoms with Crippen LogP contribution in [0, 0.1) is 11.6 Å². The van der Waals surface area contributed by atoms with Gasteiger partial charge in [0.2, 0.25) is 5.12 Å². The van der Waals surface area contributed by atoms with Crippen LogP contribution in [0.5, 0.6) is 0 Å². The summed E-state index contributed by atoms with van der Waals surface area (Å²) in [6.07, 6.45) is 2.19. The second-order valence-electron chi connectivity index (χ2n) is 6.14. The summed E-state index contributed by atoms with van der Waals surface area (Å²) in [6.45, 7) is 0.170. The highest BCUT2D eigenvalue weighted by molar-refractivity contribution is 8.26. The van der Waals surface area contributed by atoms with Crippen molar-refractivity contribution in [3.05, 3.63) is 71.4 Å². The van der Waals surface area contributed by atoms with Gasteiger partial charge in [0.15, 0.2) is 0 Å². The quantitative estimate of drug-likeness (QED) is 0.757. The standard InChI is InChI=1S/C19H14F2N2O2S/c20-13-5-6-15(21)12(7-13)10-23-9-11(14-3-1-2-4-17(14)23)8-16-18(24)26-19(25)22-16/h1-7,9,16H,8,10H2,(H,22,25). The number of hydrogen-bond acceptors (Lipinski definition) is 3. The van der Waals surface area contributed by atoms with Crippen molar-refractivity contribution in [3.63, 3.8) is 0 Å². The summed E-state index contributed by atoms with van der Waals surface area (Å²) in [5.41, 5.74) is 1.98. The van der Waals surface area contributed by atoms with Gasteiger partial charge in [0.1, 0.15) is 17.7 Å². The molecule has 0 bridgehead atoms. The Balaban J connectivity index is 1.71. The Kier molecular flexibility index (Phi) is 4.24. The van der Waals surface area contributed by atoms with Crippen LogP contribution in [0.15, 0.2) is 48.7 Å². The molecule has 1 aliphatic heterocycles. The summed E-state index contributed by atoms with van der Waals surface area (Å²) in [6, 6.07) is 10.4. The van der Waals surface area contributed by atoms with Gasteiger partial charge in [-0.3, -0.25) is 9.59 Å². The third-order valence-corrected chi connectivity index (χ3v) is 5.20. The van der Waals surface area contributed by atoms with E-state index in [0.717, 1.165) is 28.6 Å². The second kappa shape index (κ2) is 6.57. The van der Waals surface area contributed by atoms with Crippen LogP contribution in [0.2, 0.25) is 0 Å². The van der Waals surface area contributed by atoms with E-state index >= 15 is 0 Å². The van der Waals surface area contributed by atoms with E-state index in [1.807, 2.05) is 35.0 Å². The van der Waals surface area contributed by atoms with Gasteiger partial charge in [-0.2, -0.15) is 0 Å². The van der Waals surface area contributed by atoms with Crippen LogP contribution in [0.4, 0.5) is 13.6 Å². The fourth-order valence-electron chi connectivity index (χ4n) is 3.21. The van der Waals surface area contributed by atoms with Crippen molar-refractivity contribution in [2.45, 2.75) is 19.0 Å². The molecule has 0 aliphatic carbocycles. The van der Waals surface area contributed by atoms with Crippen molar-refractivity contribution in [2.24, 2.45) is 0 Å². The largest absolute Gasteiger partial charge is 0.343 e. The average Bonchev–Trinajstić information content (AvgIpc) is 3.11. The molecule has 2 aromatic carbocycles. The van der Waals surface area contributed by atoms with Gasteiger partial charge in [0.05, 0.1) is 6.54 Å². The molecule has 0 saturated carbocycles. The molecule has 1 atom stereocenters. The molecule has 0 spiro atoms. The summed E-state index contributed by atoms with van der Waals surface area (Å²) in [4.78, 5) is 23.3. The Bertz CT molecular complexity index is 1030. The molecule has 4 rings (SSSR count). The zero-order chi connectivity index (χ0) is 18.3. The van der Waals surface area contributed by atoms with E-state index in [0.29, 0.717) is 18.2 Å². The van der Waals surface area contributed by atoms with E-state index in [1.165, 1.54) is 6.07 Å². The molecule has 1 unspecified atom stereocenters. The van der Waals surface area contributed by atoms with Gasteiger partial charge in [-0.15, -0.1) is 0 Å². The first-order valence-electron chi connectivity index (χ1n) is 8.04. The molecule has 1 aromatic heterocycles. The predicted molar refractivity (Wildman–Crippen MR) is 96.0 cm³/mol. The minimum absolute atomic E-state index is 0.170. The molecule has 3 aromatic rings. The maximum atomic E-state index is 14.0. The fourth-order valence-corrected chi connectivity index (χ4v) is 3.88. The number of nitrogens with one attached hydrogen (secondary N) is 1. The van der Waals surface area contributed by atoms with Crippen molar-refractivity contribution in [1.82, 2.24) is 9.88 Å². The number of aromatic nitrogens is 1. The number of fused-ring (bicyclic) bond motifs is 1. The monoisotopic (exact) mass is 372 g/mol. The maximum Gasteiger partial charge on any atom is 0.287 e. The SMILES string of the molecule is O=C1NC(Cc2cn(Cc3cc(F)ccc3F)c3ccccc23)C(=O)S1. The van der Waals surface area contributed by atoms with Crippen LogP contribution in [0.25, 0.3) is 10.9 Å². The minimum atomic E-state index is -0.572. The molecule has 4 nitrogen and oxygen atoms in total. The summed E-state index contributed by atoms with van der Waals surface area (Å²) < 4.78 is 29.3. The van der Waals surface area contributed by atoms with Crippen molar-refractivity contribution in [3.8, 4) is 0 Å². The van der Waals surface area contributed by atoms with E-state index in [4.69, 9.17) is 0 Å². The number of carbonyl (C=O) groups excluding carboxylic acids is 2. The van der Waals surface area contributed by atoms with Crippen LogP contribution in [0.3, 0.4) is 0 Å². The molecular weight excluding hydrogens is 358 g/mol. The molecule has 1 N–H and O–H groups in total. The molecule has 0 radical (unpaired) electrons. The summed E-state index contributed by atoms with van der Waals surface area (Å²) in [7, 11) is 0. The zero-order valence-corrected chi connectivity index (χ0v) is 14.4. The molecule has 26 heavy (non-hydrogen) atoms. The molecule has 1 aliphatic rings. The number of hydrogen-bond donors (Lipinski definition) is 1. The van der Waals surface area contributed by atoms with E-state index in [2.05, 4.69) is 5.32 Å².